The van der Waals surface area contributed by atoms with Crippen LogP contribution in [0.2, 0.25) is 0 Å². The summed E-state index contributed by atoms with van der Waals surface area (Å²) in [4.78, 5) is 43.0. The van der Waals surface area contributed by atoms with Gasteiger partial charge in [0.2, 0.25) is 11.7 Å². The molecule has 0 atom stereocenters. The van der Waals surface area contributed by atoms with Gasteiger partial charge in [-0.25, -0.2) is 9.20 Å². The number of hydrogen-bond acceptors (Lipinski definition) is 6. The van der Waals surface area contributed by atoms with Gasteiger partial charge >= 0.3 is 5.69 Å². The normalized spacial score (nSPS) is 11.5. The molecule has 0 unspecified atom stereocenters. The van der Waals surface area contributed by atoms with Crippen molar-refractivity contribution in [1.29, 1.82) is 0 Å². The fourth-order valence-electron chi connectivity index (χ4n) is 3.77. The van der Waals surface area contributed by atoms with Gasteiger partial charge in [0.1, 0.15) is 5.75 Å². The average molecular weight is 425 g/mol. The summed E-state index contributed by atoms with van der Waals surface area (Å²) in [5.41, 5.74) is -0.389. The number of aromatic hydroxyl groups is 1. The SMILES string of the molecule is CCCc1c(O)n2c3c(=O)n(C)c(=O)n(C)c3nc2n(Cc2ccc(OC)cc2)c1=O. The van der Waals surface area contributed by atoms with Crippen LogP contribution in [0.25, 0.3) is 16.9 Å². The Bertz CT molecular complexity index is 1490. The fourth-order valence-corrected chi connectivity index (χ4v) is 3.77. The molecular formula is C21H23N5O5. The van der Waals surface area contributed by atoms with Crippen molar-refractivity contribution in [3.63, 3.8) is 0 Å². The Kier molecular flexibility index (Phi) is 4.92. The minimum Gasteiger partial charge on any atom is -0.497 e. The lowest BCUT2D eigenvalue weighted by Gasteiger charge is -2.13. The molecular weight excluding hydrogens is 402 g/mol. The van der Waals surface area contributed by atoms with Crippen LogP contribution in [-0.4, -0.2) is 35.3 Å². The van der Waals surface area contributed by atoms with Crippen molar-refractivity contribution < 1.29 is 9.84 Å². The molecule has 10 nitrogen and oxygen atoms in total. The van der Waals surface area contributed by atoms with Gasteiger partial charge in [-0.05, 0) is 24.1 Å². The third kappa shape index (κ3) is 3.02. The monoisotopic (exact) mass is 425 g/mol. The molecule has 1 aromatic carbocycles. The maximum absolute atomic E-state index is 13.3. The molecule has 4 rings (SSSR count). The van der Waals surface area contributed by atoms with Gasteiger partial charge in [-0.1, -0.05) is 25.5 Å². The van der Waals surface area contributed by atoms with E-state index in [0.29, 0.717) is 18.6 Å². The van der Waals surface area contributed by atoms with Crippen LogP contribution in [0.15, 0.2) is 38.6 Å². The van der Waals surface area contributed by atoms with Crippen LogP contribution in [0, 0.1) is 0 Å². The van der Waals surface area contributed by atoms with E-state index in [1.807, 2.05) is 19.1 Å². The highest BCUT2D eigenvalue weighted by molar-refractivity contribution is 5.76. The van der Waals surface area contributed by atoms with Crippen molar-refractivity contribution in [2.24, 2.45) is 14.1 Å². The Labute approximate surface area is 176 Å². The van der Waals surface area contributed by atoms with Crippen LogP contribution >= 0.6 is 0 Å². The molecule has 10 heteroatoms. The molecule has 0 saturated carbocycles. The summed E-state index contributed by atoms with van der Waals surface area (Å²) in [6, 6.07) is 7.22. The van der Waals surface area contributed by atoms with Crippen LogP contribution in [0.1, 0.15) is 24.5 Å². The van der Waals surface area contributed by atoms with Gasteiger partial charge in [-0.3, -0.25) is 23.3 Å². The second-order valence-electron chi connectivity index (χ2n) is 7.42. The first-order valence-corrected chi connectivity index (χ1v) is 9.85. The number of methoxy groups -OCH3 is 1. The molecule has 0 amide bonds. The van der Waals surface area contributed by atoms with E-state index in [-0.39, 0.29) is 40.5 Å². The fraction of sp³-hybridized carbons (Fsp3) is 0.333. The van der Waals surface area contributed by atoms with Crippen molar-refractivity contribution >= 4 is 16.9 Å². The predicted octanol–water partition coefficient (Wildman–Crippen LogP) is 0.762. The van der Waals surface area contributed by atoms with Gasteiger partial charge in [0.15, 0.2) is 11.2 Å². The summed E-state index contributed by atoms with van der Waals surface area (Å²) in [5, 5.41) is 10.9. The Morgan fingerprint density at radius 1 is 1.03 bits per heavy atom. The summed E-state index contributed by atoms with van der Waals surface area (Å²) < 4.78 is 10.0. The van der Waals surface area contributed by atoms with E-state index in [9.17, 15) is 19.5 Å². The largest absolute Gasteiger partial charge is 0.497 e. The molecule has 0 radical (unpaired) electrons. The standard InChI is InChI=1S/C21H23N5O5/c1-5-6-14-17(27)25(11-12-7-9-13(31-4)10-8-12)20-22-16-15(26(20)18(14)28)19(29)24(3)21(30)23(16)2/h7-10,28H,5-6,11H2,1-4H3. The Hall–Kier alpha value is -3.82. The molecule has 162 valence electrons. The molecule has 0 saturated heterocycles. The zero-order valence-corrected chi connectivity index (χ0v) is 17.7. The minimum atomic E-state index is -0.599. The maximum atomic E-state index is 13.3. The van der Waals surface area contributed by atoms with Crippen LogP contribution in [-0.2, 0) is 27.1 Å². The van der Waals surface area contributed by atoms with Crippen LogP contribution in [0.5, 0.6) is 11.6 Å². The summed E-state index contributed by atoms with van der Waals surface area (Å²) in [5.74, 6) is 0.446. The van der Waals surface area contributed by atoms with Gasteiger partial charge in [0, 0.05) is 14.1 Å². The number of aryl methyl sites for hydroxylation is 1. The van der Waals surface area contributed by atoms with Gasteiger partial charge in [0.05, 0.1) is 19.2 Å². The van der Waals surface area contributed by atoms with E-state index < -0.39 is 11.2 Å². The molecule has 0 bridgehead atoms. The zero-order chi connectivity index (χ0) is 22.4. The molecule has 0 spiro atoms. The highest BCUT2D eigenvalue weighted by Crippen LogP contribution is 2.23. The number of aromatic nitrogens is 5. The zero-order valence-electron chi connectivity index (χ0n) is 17.7. The molecule has 31 heavy (non-hydrogen) atoms. The number of nitrogens with zero attached hydrogens (tertiary/aromatic N) is 5. The predicted molar refractivity (Wildman–Crippen MR) is 115 cm³/mol. The van der Waals surface area contributed by atoms with Crippen LogP contribution in [0.3, 0.4) is 0 Å². The van der Waals surface area contributed by atoms with Crippen molar-refractivity contribution in [3.8, 4) is 11.6 Å². The lowest BCUT2D eigenvalue weighted by atomic mass is 10.1. The maximum Gasteiger partial charge on any atom is 0.332 e. The van der Waals surface area contributed by atoms with Crippen molar-refractivity contribution in [3.05, 3.63) is 66.6 Å². The van der Waals surface area contributed by atoms with Crippen molar-refractivity contribution in [1.82, 2.24) is 23.1 Å². The highest BCUT2D eigenvalue weighted by Gasteiger charge is 2.24. The van der Waals surface area contributed by atoms with Crippen LogP contribution < -0.4 is 21.5 Å². The highest BCUT2D eigenvalue weighted by atomic mass is 16.5. The average Bonchev–Trinajstić information content (AvgIpc) is 3.18. The van der Waals surface area contributed by atoms with E-state index in [0.717, 1.165) is 10.1 Å². The van der Waals surface area contributed by atoms with E-state index in [1.54, 1.807) is 19.2 Å². The third-order valence-corrected chi connectivity index (χ3v) is 5.47. The van der Waals surface area contributed by atoms with E-state index in [4.69, 9.17) is 4.74 Å². The van der Waals surface area contributed by atoms with Gasteiger partial charge < -0.3 is 9.84 Å². The van der Waals surface area contributed by atoms with E-state index >= 15 is 0 Å². The number of ether oxygens (including phenoxy) is 1. The summed E-state index contributed by atoms with van der Waals surface area (Å²) >= 11 is 0. The number of fused-ring (bicyclic) bond motifs is 3. The molecule has 0 aliphatic carbocycles. The van der Waals surface area contributed by atoms with Gasteiger partial charge in [-0.2, -0.15) is 4.98 Å². The third-order valence-electron chi connectivity index (χ3n) is 5.47. The Morgan fingerprint density at radius 3 is 2.32 bits per heavy atom. The number of hydrogen-bond donors (Lipinski definition) is 1. The Morgan fingerprint density at radius 2 is 1.71 bits per heavy atom. The molecule has 4 aromatic rings. The van der Waals surface area contributed by atoms with Crippen molar-refractivity contribution in [2.45, 2.75) is 26.3 Å². The van der Waals surface area contributed by atoms with E-state index in [1.165, 1.54) is 27.6 Å². The lowest BCUT2D eigenvalue weighted by molar-refractivity contribution is 0.414. The summed E-state index contributed by atoms with van der Waals surface area (Å²) in [6.07, 6.45) is 0.953. The van der Waals surface area contributed by atoms with Crippen LogP contribution in [0.4, 0.5) is 0 Å². The lowest BCUT2D eigenvalue weighted by Crippen LogP contribution is -2.37. The van der Waals surface area contributed by atoms with Gasteiger partial charge in [-0.15, -0.1) is 0 Å². The second-order valence-corrected chi connectivity index (χ2v) is 7.42. The topological polar surface area (TPSA) is 113 Å². The molecule has 3 aromatic heterocycles. The number of rotatable bonds is 5. The smallest absolute Gasteiger partial charge is 0.332 e. The molecule has 3 heterocycles. The summed E-state index contributed by atoms with van der Waals surface area (Å²) in [7, 11) is 4.42. The quantitative estimate of drug-likeness (QED) is 0.505. The minimum absolute atomic E-state index is 0.0398. The first-order valence-electron chi connectivity index (χ1n) is 9.85. The first-order chi connectivity index (χ1) is 14.8. The molecule has 0 aliphatic heterocycles. The van der Waals surface area contributed by atoms with E-state index in [2.05, 4.69) is 4.98 Å². The second kappa shape index (κ2) is 7.46. The number of benzene rings is 1. The summed E-state index contributed by atoms with van der Waals surface area (Å²) in [6.45, 7) is 2.06. The van der Waals surface area contributed by atoms with Crippen molar-refractivity contribution in [2.75, 3.05) is 7.11 Å². The first kappa shape index (κ1) is 20.5. The van der Waals surface area contributed by atoms with Gasteiger partial charge in [0.25, 0.3) is 11.1 Å². The molecule has 0 fully saturated rings. The Balaban J connectivity index is 2.12. The number of imidazole rings is 1. The molecule has 1 N–H and O–H groups in total. The molecule has 0 aliphatic rings.